The number of nitrogens with zero attached hydrogens (tertiary/aromatic N) is 1. The molecule has 0 radical (unpaired) electrons. The first-order valence-corrected chi connectivity index (χ1v) is 8.14. The second-order valence-corrected chi connectivity index (χ2v) is 7.17. The normalized spacial score (nSPS) is 23.7. The average Bonchev–Trinajstić information content (AvgIpc) is 2.37. The Balaban J connectivity index is 2.31. The van der Waals surface area contributed by atoms with Crippen molar-refractivity contribution >= 4 is 21.6 Å². The number of nitrogens with one attached hydrogen (secondary N) is 1. The van der Waals surface area contributed by atoms with Gasteiger partial charge in [0, 0.05) is 29.6 Å². The van der Waals surface area contributed by atoms with Gasteiger partial charge in [-0.15, -0.1) is 0 Å². The molecule has 1 aromatic carbocycles. The standard InChI is InChI=1S/C16H24BrFN2/c1-10(2)14-9-20(16(8-19-14)11(3)4)15-6-5-12(18)7-13(15)17/h5-7,10-11,14,16,19H,8-9H2,1-4H3. The topological polar surface area (TPSA) is 15.3 Å². The summed E-state index contributed by atoms with van der Waals surface area (Å²) in [7, 11) is 0. The van der Waals surface area contributed by atoms with Gasteiger partial charge in [-0.3, -0.25) is 0 Å². The van der Waals surface area contributed by atoms with E-state index in [0.29, 0.717) is 23.9 Å². The lowest BCUT2D eigenvalue weighted by atomic mass is 9.93. The van der Waals surface area contributed by atoms with Crippen LogP contribution in [0.4, 0.5) is 10.1 Å². The molecule has 1 N–H and O–H groups in total. The van der Waals surface area contributed by atoms with E-state index in [9.17, 15) is 4.39 Å². The smallest absolute Gasteiger partial charge is 0.124 e. The number of piperazine rings is 1. The first-order valence-electron chi connectivity index (χ1n) is 7.35. The van der Waals surface area contributed by atoms with Crippen molar-refractivity contribution in [3.63, 3.8) is 0 Å². The van der Waals surface area contributed by atoms with Crippen molar-refractivity contribution in [2.45, 2.75) is 39.8 Å². The van der Waals surface area contributed by atoms with Gasteiger partial charge in [0.2, 0.25) is 0 Å². The van der Waals surface area contributed by atoms with Gasteiger partial charge in [-0.05, 0) is 46.0 Å². The van der Waals surface area contributed by atoms with Crippen molar-refractivity contribution in [1.82, 2.24) is 5.32 Å². The molecule has 112 valence electrons. The third-order valence-electron chi connectivity index (χ3n) is 4.18. The van der Waals surface area contributed by atoms with E-state index in [1.165, 1.54) is 0 Å². The summed E-state index contributed by atoms with van der Waals surface area (Å²) in [5.41, 5.74) is 1.09. The highest BCUT2D eigenvalue weighted by Crippen LogP contribution is 2.32. The molecule has 20 heavy (non-hydrogen) atoms. The van der Waals surface area contributed by atoms with E-state index in [2.05, 4.69) is 53.8 Å². The number of hydrogen-bond donors (Lipinski definition) is 1. The monoisotopic (exact) mass is 342 g/mol. The Kier molecular flexibility index (Phi) is 5.08. The summed E-state index contributed by atoms with van der Waals surface area (Å²) >= 11 is 3.51. The molecule has 2 unspecified atom stereocenters. The van der Waals surface area contributed by atoms with Gasteiger partial charge in [-0.1, -0.05) is 27.7 Å². The molecule has 0 spiro atoms. The van der Waals surface area contributed by atoms with E-state index >= 15 is 0 Å². The minimum absolute atomic E-state index is 0.197. The molecule has 1 aliphatic rings. The molecule has 0 aromatic heterocycles. The molecule has 0 aliphatic carbocycles. The van der Waals surface area contributed by atoms with Crippen LogP contribution in [-0.4, -0.2) is 25.2 Å². The highest BCUT2D eigenvalue weighted by molar-refractivity contribution is 9.10. The maximum absolute atomic E-state index is 13.3. The van der Waals surface area contributed by atoms with Crippen LogP contribution in [0.25, 0.3) is 0 Å². The van der Waals surface area contributed by atoms with E-state index in [0.717, 1.165) is 23.2 Å². The molecule has 0 amide bonds. The fraction of sp³-hybridized carbons (Fsp3) is 0.625. The minimum atomic E-state index is -0.197. The molecular formula is C16H24BrFN2. The van der Waals surface area contributed by atoms with Crippen LogP contribution >= 0.6 is 15.9 Å². The average molecular weight is 343 g/mol. The van der Waals surface area contributed by atoms with Crippen molar-refractivity contribution in [3.8, 4) is 0 Å². The second kappa shape index (κ2) is 6.44. The van der Waals surface area contributed by atoms with Crippen LogP contribution in [0.3, 0.4) is 0 Å². The Hall–Kier alpha value is -0.610. The maximum Gasteiger partial charge on any atom is 0.124 e. The van der Waals surface area contributed by atoms with Crippen molar-refractivity contribution in [1.29, 1.82) is 0 Å². The Labute approximate surface area is 129 Å². The number of rotatable bonds is 3. The molecule has 4 heteroatoms. The summed E-state index contributed by atoms with van der Waals surface area (Å²) in [6.07, 6.45) is 0. The maximum atomic E-state index is 13.3. The van der Waals surface area contributed by atoms with E-state index < -0.39 is 0 Å². The molecule has 2 rings (SSSR count). The number of benzene rings is 1. The van der Waals surface area contributed by atoms with Gasteiger partial charge in [0.25, 0.3) is 0 Å². The van der Waals surface area contributed by atoms with Crippen molar-refractivity contribution in [2.75, 3.05) is 18.0 Å². The molecule has 1 heterocycles. The van der Waals surface area contributed by atoms with Crippen molar-refractivity contribution in [2.24, 2.45) is 11.8 Å². The first-order chi connectivity index (χ1) is 9.40. The number of anilines is 1. The van der Waals surface area contributed by atoms with Crippen LogP contribution in [0, 0.1) is 17.7 Å². The Morgan fingerprint density at radius 2 is 1.95 bits per heavy atom. The van der Waals surface area contributed by atoms with Gasteiger partial charge in [-0.25, -0.2) is 4.39 Å². The lowest BCUT2D eigenvalue weighted by Crippen LogP contribution is -2.60. The lowest BCUT2D eigenvalue weighted by molar-refractivity contribution is 0.295. The molecule has 1 saturated heterocycles. The fourth-order valence-corrected chi connectivity index (χ4v) is 3.41. The molecular weight excluding hydrogens is 319 g/mol. The zero-order valence-electron chi connectivity index (χ0n) is 12.7. The minimum Gasteiger partial charge on any atom is -0.365 e. The predicted molar refractivity (Wildman–Crippen MR) is 86.7 cm³/mol. The van der Waals surface area contributed by atoms with Gasteiger partial charge in [0.15, 0.2) is 0 Å². The van der Waals surface area contributed by atoms with Crippen molar-refractivity contribution < 1.29 is 4.39 Å². The van der Waals surface area contributed by atoms with Gasteiger partial charge < -0.3 is 10.2 Å². The summed E-state index contributed by atoms with van der Waals surface area (Å²) < 4.78 is 14.2. The van der Waals surface area contributed by atoms with Crippen LogP contribution in [0.5, 0.6) is 0 Å². The van der Waals surface area contributed by atoms with E-state index in [4.69, 9.17) is 0 Å². The van der Waals surface area contributed by atoms with Gasteiger partial charge in [-0.2, -0.15) is 0 Å². The molecule has 1 fully saturated rings. The van der Waals surface area contributed by atoms with Gasteiger partial charge in [0.1, 0.15) is 5.82 Å². The third kappa shape index (κ3) is 3.34. The second-order valence-electron chi connectivity index (χ2n) is 6.32. The Morgan fingerprint density at radius 1 is 1.25 bits per heavy atom. The largest absolute Gasteiger partial charge is 0.365 e. The van der Waals surface area contributed by atoms with Crippen LogP contribution < -0.4 is 10.2 Å². The number of hydrogen-bond acceptors (Lipinski definition) is 2. The Morgan fingerprint density at radius 3 is 2.50 bits per heavy atom. The summed E-state index contributed by atoms with van der Waals surface area (Å²) in [6, 6.07) is 5.90. The van der Waals surface area contributed by atoms with E-state index in [1.54, 1.807) is 12.1 Å². The molecule has 1 aromatic rings. The molecule has 1 aliphatic heterocycles. The molecule has 2 nitrogen and oxygen atoms in total. The lowest BCUT2D eigenvalue weighted by Gasteiger charge is -2.45. The van der Waals surface area contributed by atoms with Crippen molar-refractivity contribution in [3.05, 3.63) is 28.5 Å². The highest BCUT2D eigenvalue weighted by Gasteiger charge is 2.32. The zero-order chi connectivity index (χ0) is 14.9. The molecule has 0 saturated carbocycles. The first kappa shape index (κ1) is 15.8. The highest BCUT2D eigenvalue weighted by atomic mass is 79.9. The Bertz CT molecular complexity index is 462. The van der Waals surface area contributed by atoms with Gasteiger partial charge in [0.05, 0.1) is 5.69 Å². The zero-order valence-corrected chi connectivity index (χ0v) is 14.2. The fourth-order valence-electron chi connectivity index (χ4n) is 2.83. The molecule has 0 bridgehead atoms. The quantitative estimate of drug-likeness (QED) is 0.891. The SMILES string of the molecule is CC(C)C1CN(c2ccc(F)cc2Br)C(C(C)C)CN1. The van der Waals surface area contributed by atoms with Crippen LogP contribution in [-0.2, 0) is 0 Å². The van der Waals surface area contributed by atoms with Crippen LogP contribution in [0.15, 0.2) is 22.7 Å². The summed E-state index contributed by atoms with van der Waals surface area (Å²) in [5.74, 6) is 0.940. The number of halogens is 2. The predicted octanol–water partition coefficient (Wildman–Crippen LogP) is 4.05. The van der Waals surface area contributed by atoms with Crippen LogP contribution in [0.1, 0.15) is 27.7 Å². The molecule has 2 atom stereocenters. The summed E-state index contributed by atoms with van der Waals surface area (Å²) in [6.45, 7) is 10.9. The third-order valence-corrected chi connectivity index (χ3v) is 4.81. The van der Waals surface area contributed by atoms with E-state index in [1.807, 2.05) is 6.07 Å². The summed E-state index contributed by atoms with van der Waals surface area (Å²) in [5, 5.41) is 3.65. The van der Waals surface area contributed by atoms with Gasteiger partial charge >= 0.3 is 0 Å². The van der Waals surface area contributed by atoms with E-state index in [-0.39, 0.29) is 5.82 Å². The summed E-state index contributed by atoms with van der Waals surface area (Å²) in [4.78, 5) is 2.43. The van der Waals surface area contributed by atoms with Crippen LogP contribution in [0.2, 0.25) is 0 Å².